The minimum absolute atomic E-state index is 0.231. The molecule has 2 aromatic rings. The number of pyridine rings is 1. The Bertz CT molecular complexity index is 918. The highest BCUT2D eigenvalue weighted by Crippen LogP contribution is 2.24. The highest BCUT2D eigenvalue weighted by Gasteiger charge is 2.27. The van der Waals surface area contributed by atoms with Gasteiger partial charge in [-0.2, -0.15) is 0 Å². The largest absolute Gasteiger partial charge is 0.444 e. The molecule has 0 radical (unpaired) electrons. The van der Waals surface area contributed by atoms with Gasteiger partial charge in [-0.15, -0.1) is 0 Å². The first-order valence-corrected chi connectivity index (χ1v) is 10.1. The number of benzene rings is 1. The number of nitrogens with zero attached hydrogens (tertiary/aromatic N) is 2. The van der Waals surface area contributed by atoms with Gasteiger partial charge < -0.3 is 20.7 Å². The Hall–Kier alpha value is -2.54. The molecule has 29 heavy (non-hydrogen) atoms. The third-order valence-corrected chi connectivity index (χ3v) is 5.06. The van der Waals surface area contributed by atoms with Gasteiger partial charge in [0.05, 0.1) is 11.1 Å². The third-order valence-electron chi connectivity index (χ3n) is 4.84. The molecule has 1 aromatic heterocycles. The molecule has 1 aromatic carbocycles. The molecule has 0 atom stereocenters. The van der Waals surface area contributed by atoms with Gasteiger partial charge in [-0.1, -0.05) is 11.6 Å². The predicted molar refractivity (Wildman–Crippen MR) is 114 cm³/mol. The molecule has 1 aliphatic rings. The Balaban J connectivity index is 1.58. The van der Waals surface area contributed by atoms with E-state index in [9.17, 15) is 9.59 Å². The number of likely N-dealkylation sites (tertiary alicyclic amines) is 1. The second-order valence-electron chi connectivity index (χ2n) is 8.38. The van der Waals surface area contributed by atoms with Crippen molar-refractivity contribution < 1.29 is 14.3 Å². The van der Waals surface area contributed by atoms with E-state index in [1.165, 1.54) is 0 Å². The standard InChI is InChI=1S/C21H27ClN4O3/c1-21(2,3)29-20(28)26-8-6-13(7-9-26)12-24-19(27)16-11-15(22)10-14-4-5-17(23)25-18(14)16/h4-5,10-11,13H,6-9,12H2,1-3H3,(H2,23,25)(H,24,27). The van der Waals surface area contributed by atoms with Gasteiger partial charge in [-0.25, -0.2) is 9.78 Å². The molecule has 1 aliphatic heterocycles. The number of hydrogen-bond acceptors (Lipinski definition) is 5. The van der Waals surface area contributed by atoms with Crippen molar-refractivity contribution in [2.24, 2.45) is 5.92 Å². The van der Waals surface area contributed by atoms with Gasteiger partial charge in [-0.05, 0) is 63.8 Å². The average Bonchev–Trinajstić information content (AvgIpc) is 2.65. The zero-order chi connectivity index (χ0) is 21.2. The van der Waals surface area contributed by atoms with Crippen LogP contribution in [0.5, 0.6) is 0 Å². The van der Waals surface area contributed by atoms with Crippen molar-refractivity contribution in [3.8, 4) is 0 Å². The zero-order valence-corrected chi connectivity index (χ0v) is 17.8. The second-order valence-corrected chi connectivity index (χ2v) is 8.82. The van der Waals surface area contributed by atoms with Crippen molar-refractivity contribution in [3.05, 3.63) is 34.9 Å². The number of nitrogens with two attached hydrogens (primary N) is 1. The molecule has 1 saturated heterocycles. The van der Waals surface area contributed by atoms with E-state index < -0.39 is 5.60 Å². The summed E-state index contributed by atoms with van der Waals surface area (Å²) in [4.78, 5) is 30.9. The van der Waals surface area contributed by atoms with Crippen molar-refractivity contribution in [3.63, 3.8) is 0 Å². The third kappa shape index (κ3) is 5.50. The minimum Gasteiger partial charge on any atom is -0.444 e. The van der Waals surface area contributed by atoms with Crippen LogP contribution in [0.15, 0.2) is 24.3 Å². The van der Waals surface area contributed by atoms with Crippen molar-refractivity contribution in [1.29, 1.82) is 0 Å². The first-order valence-electron chi connectivity index (χ1n) is 9.74. The van der Waals surface area contributed by atoms with E-state index in [4.69, 9.17) is 22.1 Å². The molecule has 156 valence electrons. The molecule has 7 nitrogen and oxygen atoms in total. The summed E-state index contributed by atoms with van der Waals surface area (Å²) in [5, 5.41) is 4.22. The van der Waals surface area contributed by atoms with Crippen LogP contribution in [0.2, 0.25) is 5.02 Å². The van der Waals surface area contributed by atoms with Crippen LogP contribution in [-0.2, 0) is 4.74 Å². The molecule has 0 bridgehead atoms. The number of aromatic nitrogens is 1. The average molecular weight is 419 g/mol. The van der Waals surface area contributed by atoms with Crippen molar-refractivity contribution in [2.75, 3.05) is 25.4 Å². The van der Waals surface area contributed by atoms with Crippen LogP contribution in [-0.4, -0.2) is 47.1 Å². The Morgan fingerprint density at radius 3 is 2.62 bits per heavy atom. The SMILES string of the molecule is CC(C)(C)OC(=O)N1CCC(CNC(=O)c2cc(Cl)cc3ccc(N)nc23)CC1. The van der Waals surface area contributed by atoms with Gasteiger partial charge >= 0.3 is 6.09 Å². The number of rotatable bonds is 3. The topological polar surface area (TPSA) is 97.5 Å². The number of hydrogen-bond donors (Lipinski definition) is 2. The number of fused-ring (bicyclic) bond motifs is 1. The van der Waals surface area contributed by atoms with Crippen LogP contribution in [0.1, 0.15) is 44.0 Å². The number of nitrogens with one attached hydrogen (secondary N) is 1. The maximum Gasteiger partial charge on any atom is 0.410 e. The number of nitrogen functional groups attached to an aromatic ring is 1. The number of halogens is 1. The minimum atomic E-state index is -0.501. The molecule has 0 spiro atoms. The highest BCUT2D eigenvalue weighted by atomic mass is 35.5. The van der Waals surface area contributed by atoms with Gasteiger partial charge in [0.2, 0.25) is 0 Å². The van der Waals surface area contributed by atoms with Crippen molar-refractivity contribution in [2.45, 2.75) is 39.2 Å². The lowest BCUT2D eigenvalue weighted by molar-refractivity contribution is 0.0183. The summed E-state index contributed by atoms with van der Waals surface area (Å²) in [5.41, 5.74) is 6.22. The van der Waals surface area contributed by atoms with E-state index in [-0.39, 0.29) is 12.0 Å². The Morgan fingerprint density at radius 2 is 1.97 bits per heavy atom. The van der Waals surface area contributed by atoms with Crippen molar-refractivity contribution >= 4 is 40.3 Å². The summed E-state index contributed by atoms with van der Waals surface area (Å²) in [6, 6.07) is 6.84. The van der Waals surface area contributed by atoms with Crippen LogP contribution in [0.25, 0.3) is 10.9 Å². The lowest BCUT2D eigenvalue weighted by atomic mass is 9.97. The molecule has 0 unspecified atom stereocenters. The molecule has 8 heteroatoms. The van der Waals surface area contributed by atoms with Gasteiger partial charge in [0.25, 0.3) is 5.91 Å². The van der Waals surface area contributed by atoms with E-state index >= 15 is 0 Å². The smallest absolute Gasteiger partial charge is 0.410 e. The fraction of sp³-hybridized carbons (Fsp3) is 0.476. The number of ether oxygens (including phenoxy) is 1. The fourth-order valence-corrected chi connectivity index (χ4v) is 3.59. The molecule has 0 aliphatic carbocycles. The maximum absolute atomic E-state index is 12.8. The summed E-state index contributed by atoms with van der Waals surface area (Å²) in [6.07, 6.45) is 1.33. The molecule has 3 rings (SSSR count). The Labute approximate surface area is 175 Å². The molecular formula is C21H27ClN4O3. The summed E-state index contributed by atoms with van der Waals surface area (Å²) in [6.45, 7) is 7.33. The van der Waals surface area contributed by atoms with Crippen LogP contribution < -0.4 is 11.1 Å². The fourth-order valence-electron chi connectivity index (χ4n) is 3.37. The van der Waals surface area contributed by atoms with Crippen LogP contribution in [0.4, 0.5) is 10.6 Å². The Morgan fingerprint density at radius 1 is 1.28 bits per heavy atom. The zero-order valence-electron chi connectivity index (χ0n) is 17.0. The second kappa shape index (κ2) is 8.45. The van der Waals surface area contributed by atoms with E-state index in [1.54, 1.807) is 29.2 Å². The van der Waals surface area contributed by atoms with Crippen molar-refractivity contribution in [1.82, 2.24) is 15.2 Å². The summed E-state index contributed by atoms with van der Waals surface area (Å²) in [5.74, 6) is 0.412. The maximum atomic E-state index is 12.8. The highest BCUT2D eigenvalue weighted by molar-refractivity contribution is 6.32. The number of anilines is 1. The lowest BCUT2D eigenvalue weighted by Crippen LogP contribution is -2.43. The molecule has 1 fully saturated rings. The quantitative estimate of drug-likeness (QED) is 0.788. The molecule has 2 heterocycles. The van der Waals surface area contributed by atoms with Gasteiger partial charge in [0.15, 0.2) is 0 Å². The van der Waals surface area contributed by atoms with E-state index in [0.717, 1.165) is 18.2 Å². The summed E-state index contributed by atoms with van der Waals surface area (Å²) < 4.78 is 5.42. The molecular weight excluding hydrogens is 392 g/mol. The number of amides is 2. The molecule has 0 saturated carbocycles. The summed E-state index contributed by atoms with van der Waals surface area (Å²) in [7, 11) is 0. The first kappa shape index (κ1) is 21.2. The van der Waals surface area contributed by atoms with E-state index in [0.29, 0.717) is 47.5 Å². The first-order chi connectivity index (χ1) is 13.6. The number of carbonyl (C=O) groups excluding carboxylic acids is 2. The molecule has 2 amide bonds. The van der Waals surface area contributed by atoms with Gasteiger partial charge in [0.1, 0.15) is 11.4 Å². The normalized spacial score (nSPS) is 15.4. The van der Waals surface area contributed by atoms with Crippen LogP contribution in [0.3, 0.4) is 0 Å². The van der Waals surface area contributed by atoms with Crippen LogP contribution >= 0.6 is 11.6 Å². The number of carbonyl (C=O) groups is 2. The molecule has 3 N–H and O–H groups in total. The van der Waals surface area contributed by atoms with E-state index in [2.05, 4.69) is 10.3 Å². The Kier molecular flexibility index (Phi) is 6.17. The monoisotopic (exact) mass is 418 g/mol. The summed E-state index contributed by atoms with van der Waals surface area (Å²) >= 11 is 6.16. The van der Waals surface area contributed by atoms with Gasteiger partial charge in [0, 0.05) is 30.0 Å². The number of piperidine rings is 1. The lowest BCUT2D eigenvalue weighted by Gasteiger charge is -2.33. The van der Waals surface area contributed by atoms with Gasteiger partial charge in [-0.3, -0.25) is 4.79 Å². The van der Waals surface area contributed by atoms with E-state index in [1.807, 2.05) is 20.8 Å². The van der Waals surface area contributed by atoms with Crippen LogP contribution in [0, 0.1) is 5.92 Å². The predicted octanol–water partition coefficient (Wildman–Crippen LogP) is 3.85.